The summed E-state index contributed by atoms with van der Waals surface area (Å²) >= 11 is 0. The molecule has 16 nitrogen and oxygen atoms in total. The summed E-state index contributed by atoms with van der Waals surface area (Å²) < 4.78 is 23.8. The number of aliphatic carboxylic acids is 3. The van der Waals surface area contributed by atoms with E-state index in [1.165, 1.54) is 5.56 Å². The van der Waals surface area contributed by atoms with Crippen molar-refractivity contribution in [3.05, 3.63) is 52.1 Å². The first-order chi connectivity index (χ1) is 28.4. The fraction of sp³-hybridized carbons (Fsp3) is 0.636. The molecule has 1 unspecified atom stereocenters. The van der Waals surface area contributed by atoms with Crippen LogP contribution in [0.1, 0.15) is 69.4 Å². The fourth-order valence-corrected chi connectivity index (χ4v) is 9.43. The van der Waals surface area contributed by atoms with Crippen molar-refractivity contribution in [3.63, 3.8) is 0 Å². The Morgan fingerprint density at radius 3 is 1.44 bits per heavy atom. The monoisotopic (exact) mass is 875 g/mol. The highest BCUT2D eigenvalue weighted by Gasteiger charge is 2.36. The van der Waals surface area contributed by atoms with Gasteiger partial charge in [0, 0.05) is 58.9 Å². The number of benzene rings is 2. The molecule has 0 saturated carbocycles. The Morgan fingerprint density at radius 2 is 1.05 bits per heavy atom. The van der Waals surface area contributed by atoms with Crippen molar-refractivity contribution in [2.45, 2.75) is 94.3 Å². The van der Waals surface area contributed by atoms with Gasteiger partial charge in [0.25, 0.3) is 0 Å². The summed E-state index contributed by atoms with van der Waals surface area (Å²) in [6.07, 6.45) is 0. The van der Waals surface area contributed by atoms with Gasteiger partial charge in [-0.3, -0.25) is 48.2 Å². The highest BCUT2D eigenvalue weighted by molar-refractivity contribution is 7.47. The van der Waals surface area contributed by atoms with Gasteiger partial charge < -0.3 is 25.2 Å². The predicted octanol–water partition coefficient (Wildman–Crippen LogP) is 5.06. The molecule has 1 aliphatic rings. The van der Waals surface area contributed by atoms with Crippen molar-refractivity contribution < 1.29 is 53.0 Å². The zero-order chi connectivity index (χ0) is 45.9. The third kappa shape index (κ3) is 14.9. The number of nitrogens with one attached hydrogen (secondary N) is 1. The first-order valence-electron chi connectivity index (χ1n) is 21.2. The van der Waals surface area contributed by atoms with Crippen LogP contribution in [0.2, 0.25) is 0 Å². The Hall–Kier alpha value is -3.89. The summed E-state index contributed by atoms with van der Waals surface area (Å²) in [4.78, 5) is 68.9. The lowest BCUT2D eigenvalue weighted by atomic mass is 9.90. The van der Waals surface area contributed by atoms with Crippen molar-refractivity contribution in [2.75, 3.05) is 72.1 Å². The average molecular weight is 876 g/mol. The zero-order valence-electron chi connectivity index (χ0n) is 37.9. The average Bonchev–Trinajstić information content (AvgIpc) is 3.11. The summed E-state index contributed by atoms with van der Waals surface area (Å²) in [6, 6.07) is 5.25. The van der Waals surface area contributed by atoms with Gasteiger partial charge in [0.15, 0.2) is 0 Å². The molecule has 1 saturated heterocycles. The number of aryl methyl sites for hydroxylation is 5. The second-order valence-electron chi connectivity index (χ2n) is 17.4. The molecule has 1 fully saturated rings. The molecule has 4 atom stereocenters. The minimum Gasteiger partial charge on any atom is -0.480 e. The topological polar surface area (TPSA) is 210 Å². The summed E-state index contributed by atoms with van der Waals surface area (Å²) in [5.41, 5.74) is 7.03. The summed E-state index contributed by atoms with van der Waals surface area (Å²) in [7, 11) is -4.59. The molecule has 5 N–H and O–H groups in total. The Balaban J connectivity index is 1.75. The lowest BCUT2D eigenvalue weighted by molar-refractivity contribution is -0.149. The van der Waals surface area contributed by atoms with Gasteiger partial charge in [-0.15, -0.1) is 0 Å². The molecule has 2 aromatic carbocycles. The Bertz CT molecular complexity index is 1820. The summed E-state index contributed by atoms with van der Waals surface area (Å²) in [5, 5.41) is 33.5. The minimum atomic E-state index is -4.59. The second-order valence-corrected chi connectivity index (χ2v) is 18.8. The highest BCUT2D eigenvalue weighted by Crippen LogP contribution is 2.46. The van der Waals surface area contributed by atoms with Gasteiger partial charge in [0.05, 0.1) is 13.2 Å². The van der Waals surface area contributed by atoms with E-state index >= 15 is 0 Å². The van der Waals surface area contributed by atoms with Crippen molar-refractivity contribution in [1.82, 2.24) is 24.9 Å². The van der Waals surface area contributed by atoms with E-state index in [-0.39, 0.29) is 95.6 Å². The first kappa shape index (κ1) is 51.5. The molecule has 0 radical (unpaired) electrons. The van der Waals surface area contributed by atoms with Crippen LogP contribution in [0.25, 0.3) is 11.1 Å². The molecule has 1 aliphatic heterocycles. The SMILES string of the molecule is Cc1cc(C)c(-c2cc(C)c(OP(=O)(O)OCCNC(=O)CN3CCN([C@@H](C(=O)O)C(C)C)CCN([C@@H](C(=O)O)C(C)C)CCN([C@@H](C(=O)O)C(C)C)CC3)cc2C)c(C)c1. The van der Waals surface area contributed by atoms with E-state index in [9.17, 15) is 44.0 Å². The molecule has 61 heavy (non-hydrogen) atoms. The van der Waals surface area contributed by atoms with Crippen LogP contribution < -0.4 is 9.84 Å². The van der Waals surface area contributed by atoms with Crippen LogP contribution in [-0.4, -0.2) is 154 Å². The molecule has 2 aromatic rings. The van der Waals surface area contributed by atoms with Crippen molar-refractivity contribution in [1.29, 1.82) is 0 Å². The van der Waals surface area contributed by atoms with E-state index in [4.69, 9.17) is 9.05 Å². The van der Waals surface area contributed by atoms with Gasteiger partial charge in [-0.1, -0.05) is 59.2 Å². The molecule has 0 aromatic heterocycles. The van der Waals surface area contributed by atoms with Gasteiger partial charge >= 0.3 is 25.7 Å². The summed E-state index contributed by atoms with van der Waals surface area (Å²) in [6.45, 7) is 22.1. The van der Waals surface area contributed by atoms with Crippen LogP contribution in [0.15, 0.2) is 24.3 Å². The minimum absolute atomic E-state index is 0.110. The van der Waals surface area contributed by atoms with E-state index in [0.717, 1.165) is 27.8 Å². The fourth-order valence-electron chi connectivity index (χ4n) is 8.61. The summed E-state index contributed by atoms with van der Waals surface area (Å²) in [5.74, 6) is -4.07. The predicted molar refractivity (Wildman–Crippen MR) is 235 cm³/mol. The maximum Gasteiger partial charge on any atom is 0.527 e. The van der Waals surface area contributed by atoms with Gasteiger partial charge in [-0.05, 0) is 97.9 Å². The number of carboxylic acid groups (broad SMARTS) is 3. The number of rotatable bonds is 18. The Labute approximate surface area is 361 Å². The smallest absolute Gasteiger partial charge is 0.480 e. The quantitative estimate of drug-likeness (QED) is 0.0980. The molecule has 3 rings (SSSR count). The molecule has 1 amide bonds. The van der Waals surface area contributed by atoms with E-state index < -0.39 is 49.8 Å². The molecular formula is C44H70N5O11P. The van der Waals surface area contributed by atoms with E-state index in [1.807, 2.05) is 81.1 Å². The molecule has 17 heteroatoms. The normalized spacial score (nSPS) is 18.2. The third-order valence-corrected chi connectivity index (χ3v) is 12.3. The Kier molecular flexibility index (Phi) is 19.4. The Morgan fingerprint density at radius 1 is 0.639 bits per heavy atom. The number of carbonyl (C=O) groups is 4. The van der Waals surface area contributed by atoms with Crippen molar-refractivity contribution in [3.8, 4) is 16.9 Å². The van der Waals surface area contributed by atoms with Crippen LogP contribution in [-0.2, 0) is 28.3 Å². The van der Waals surface area contributed by atoms with E-state index in [1.54, 1.807) is 13.0 Å². The van der Waals surface area contributed by atoms with Crippen LogP contribution in [0.5, 0.6) is 5.75 Å². The third-order valence-electron chi connectivity index (χ3n) is 11.3. The van der Waals surface area contributed by atoms with Gasteiger partial charge in [-0.25, -0.2) is 4.57 Å². The number of hydrogen-bond donors (Lipinski definition) is 5. The zero-order valence-corrected chi connectivity index (χ0v) is 38.8. The lowest BCUT2D eigenvalue weighted by Gasteiger charge is -2.40. The highest BCUT2D eigenvalue weighted by atomic mass is 31.2. The van der Waals surface area contributed by atoms with Crippen LogP contribution in [0.3, 0.4) is 0 Å². The van der Waals surface area contributed by atoms with Crippen LogP contribution in [0, 0.1) is 52.4 Å². The second kappa shape index (κ2) is 23.0. The number of carbonyl (C=O) groups excluding carboxylic acids is 1. The molecule has 1 heterocycles. The molecule has 0 spiro atoms. The van der Waals surface area contributed by atoms with Crippen molar-refractivity contribution in [2.24, 2.45) is 17.8 Å². The number of nitrogens with zero attached hydrogens (tertiary/aromatic N) is 4. The largest absolute Gasteiger partial charge is 0.527 e. The number of phosphoric ester groups is 1. The number of phosphoric acid groups is 1. The number of hydrogen-bond acceptors (Lipinski definition) is 11. The van der Waals surface area contributed by atoms with Crippen LogP contribution in [0.4, 0.5) is 0 Å². The van der Waals surface area contributed by atoms with Gasteiger partial charge in [0.1, 0.15) is 23.9 Å². The van der Waals surface area contributed by atoms with Gasteiger partial charge in [0.2, 0.25) is 5.91 Å². The molecular weight excluding hydrogens is 805 g/mol. The van der Waals surface area contributed by atoms with Crippen molar-refractivity contribution >= 4 is 31.6 Å². The van der Waals surface area contributed by atoms with E-state index in [0.29, 0.717) is 5.56 Å². The molecule has 0 bridgehead atoms. The molecule has 0 aliphatic carbocycles. The van der Waals surface area contributed by atoms with Gasteiger partial charge in [-0.2, -0.15) is 0 Å². The lowest BCUT2D eigenvalue weighted by Crippen LogP contribution is -2.57. The number of carboxylic acids is 3. The first-order valence-corrected chi connectivity index (χ1v) is 22.7. The van der Waals surface area contributed by atoms with E-state index in [2.05, 4.69) is 31.3 Å². The maximum atomic E-state index is 13.4. The van der Waals surface area contributed by atoms with Crippen LogP contribution >= 0.6 is 7.82 Å². The molecule has 342 valence electrons. The number of amides is 1. The standard InChI is InChI=1S/C44H70N5O11P/c1-27(2)39(42(51)52)47-15-13-46(14-16-48(40(28(3)4)43(53)54)18-20-49(19-17-47)41(29(5)6)44(55)56)26-37(50)45-12-21-59-61(57,58)60-36-25-31(8)35(24-32(36)9)38-33(10)22-30(7)23-34(38)11/h22-25,27-29,39-41H,12-21,26H2,1-11H3,(H,45,50)(H,51,52)(H,53,54)(H,55,56)(H,57,58)/t39-,40-,41-/m1/s1. The maximum absolute atomic E-state index is 13.4.